The van der Waals surface area contributed by atoms with Crippen LogP contribution in [0.4, 0.5) is 5.69 Å². The number of rotatable bonds is 3. The van der Waals surface area contributed by atoms with E-state index in [9.17, 15) is 13.5 Å². The zero-order valence-electron chi connectivity index (χ0n) is 11.1. The van der Waals surface area contributed by atoms with Crippen molar-refractivity contribution in [2.75, 3.05) is 18.8 Å². The van der Waals surface area contributed by atoms with Crippen molar-refractivity contribution < 1.29 is 13.5 Å². The molecule has 0 aromatic heterocycles. The average molecular weight is 317 g/mol. The summed E-state index contributed by atoms with van der Waals surface area (Å²) >= 11 is 6.00. The van der Waals surface area contributed by atoms with Crippen LogP contribution >= 0.6 is 11.6 Å². The molecule has 1 aliphatic carbocycles. The smallest absolute Gasteiger partial charge is 0.243 e. The van der Waals surface area contributed by atoms with Crippen LogP contribution in [0.15, 0.2) is 17.0 Å². The Morgan fingerprint density at radius 3 is 2.50 bits per heavy atom. The average Bonchev–Trinajstić information content (AvgIpc) is 3.15. The van der Waals surface area contributed by atoms with E-state index in [1.54, 1.807) is 6.92 Å². The van der Waals surface area contributed by atoms with Gasteiger partial charge in [-0.1, -0.05) is 11.6 Å². The van der Waals surface area contributed by atoms with Gasteiger partial charge in [-0.3, -0.25) is 0 Å². The largest absolute Gasteiger partial charge is 0.398 e. The summed E-state index contributed by atoms with van der Waals surface area (Å²) in [7, 11) is -3.63. The van der Waals surface area contributed by atoms with Gasteiger partial charge in [-0.25, -0.2) is 8.42 Å². The van der Waals surface area contributed by atoms with E-state index in [1.165, 1.54) is 16.4 Å². The van der Waals surface area contributed by atoms with E-state index in [1.807, 2.05) is 0 Å². The van der Waals surface area contributed by atoms with E-state index < -0.39 is 15.6 Å². The number of β-amino-alcohol motifs (C(OH)–C–C–N with tert-alkyl or cyclic N) is 1. The quantitative estimate of drug-likeness (QED) is 0.825. The Morgan fingerprint density at radius 1 is 1.40 bits per heavy atom. The molecule has 3 rings (SSSR count). The predicted molar refractivity (Wildman–Crippen MR) is 77.0 cm³/mol. The van der Waals surface area contributed by atoms with Gasteiger partial charge >= 0.3 is 0 Å². The number of anilines is 1. The zero-order valence-corrected chi connectivity index (χ0v) is 12.7. The summed E-state index contributed by atoms with van der Waals surface area (Å²) in [4.78, 5) is 0.0865. The number of halogens is 1. The maximum atomic E-state index is 12.5. The van der Waals surface area contributed by atoms with Gasteiger partial charge in [-0.2, -0.15) is 4.31 Å². The number of hydrogen-bond acceptors (Lipinski definition) is 4. The Balaban J connectivity index is 1.86. The summed E-state index contributed by atoms with van der Waals surface area (Å²) in [5.74, 6) is 0.251. The fraction of sp³-hybridized carbons (Fsp3) is 0.538. The van der Waals surface area contributed by atoms with Gasteiger partial charge in [-0.15, -0.1) is 0 Å². The van der Waals surface area contributed by atoms with E-state index in [4.69, 9.17) is 17.3 Å². The molecule has 0 radical (unpaired) electrons. The first-order chi connectivity index (χ1) is 9.24. The van der Waals surface area contributed by atoms with Crippen LogP contribution in [0.25, 0.3) is 0 Å². The molecule has 1 heterocycles. The highest BCUT2D eigenvalue weighted by atomic mass is 35.5. The summed E-state index contributed by atoms with van der Waals surface area (Å²) in [6, 6.07) is 2.84. The molecule has 1 aromatic rings. The van der Waals surface area contributed by atoms with Gasteiger partial charge in [0.05, 0.1) is 10.5 Å². The molecule has 0 unspecified atom stereocenters. The van der Waals surface area contributed by atoms with Crippen LogP contribution in [-0.4, -0.2) is 36.5 Å². The number of benzene rings is 1. The summed E-state index contributed by atoms with van der Waals surface area (Å²) in [6.07, 6.45) is 1.96. The van der Waals surface area contributed by atoms with Crippen LogP contribution in [0, 0.1) is 12.8 Å². The van der Waals surface area contributed by atoms with E-state index in [-0.39, 0.29) is 23.9 Å². The Labute approximate surface area is 123 Å². The first-order valence-electron chi connectivity index (χ1n) is 6.52. The molecule has 2 aliphatic rings. The van der Waals surface area contributed by atoms with E-state index in [0.717, 1.165) is 12.8 Å². The van der Waals surface area contributed by atoms with Crippen molar-refractivity contribution in [1.29, 1.82) is 0 Å². The van der Waals surface area contributed by atoms with Crippen molar-refractivity contribution in [3.8, 4) is 0 Å². The number of sulfonamides is 1. The number of nitrogens with zero attached hydrogens (tertiary/aromatic N) is 1. The second kappa shape index (κ2) is 4.34. The molecular weight excluding hydrogens is 300 g/mol. The van der Waals surface area contributed by atoms with Crippen LogP contribution in [0.2, 0.25) is 5.02 Å². The third-order valence-electron chi connectivity index (χ3n) is 4.23. The van der Waals surface area contributed by atoms with Crippen molar-refractivity contribution in [3.05, 3.63) is 22.7 Å². The molecule has 2 fully saturated rings. The summed E-state index contributed by atoms with van der Waals surface area (Å²) < 4.78 is 26.2. The lowest BCUT2D eigenvalue weighted by Gasteiger charge is -2.45. The third-order valence-corrected chi connectivity index (χ3v) is 6.40. The topological polar surface area (TPSA) is 83.6 Å². The van der Waals surface area contributed by atoms with Crippen molar-refractivity contribution >= 4 is 27.3 Å². The minimum atomic E-state index is -3.63. The van der Waals surface area contributed by atoms with Crippen molar-refractivity contribution in [2.45, 2.75) is 30.3 Å². The Hall–Kier alpha value is -0.820. The molecule has 1 saturated carbocycles. The standard InChI is InChI=1S/C13H17ClN2O3S/c1-8-11(14)4-10(5-12(8)15)20(18,19)16-6-13(17,7-16)9-2-3-9/h4-5,9,17H,2-3,6-7,15H2,1H3. The maximum absolute atomic E-state index is 12.5. The maximum Gasteiger partial charge on any atom is 0.243 e. The minimum absolute atomic E-state index is 0.0865. The molecule has 0 spiro atoms. The fourth-order valence-corrected chi connectivity index (χ4v) is 4.50. The lowest BCUT2D eigenvalue weighted by Crippen LogP contribution is -2.64. The lowest BCUT2D eigenvalue weighted by molar-refractivity contribution is -0.0764. The molecule has 0 amide bonds. The lowest BCUT2D eigenvalue weighted by atomic mass is 9.91. The second-order valence-electron chi connectivity index (χ2n) is 5.77. The van der Waals surface area contributed by atoms with Crippen LogP contribution in [0.3, 0.4) is 0 Å². The zero-order chi connectivity index (χ0) is 14.7. The first-order valence-corrected chi connectivity index (χ1v) is 8.34. The normalized spacial score (nSPS) is 22.6. The highest BCUT2D eigenvalue weighted by Gasteiger charge is 2.55. The number of hydrogen-bond donors (Lipinski definition) is 2. The molecule has 110 valence electrons. The number of nitrogens with two attached hydrogens (primary N) is 1. The molecule has 0 bridgehead atoms. The predicted octanol–water partition coefficient (Wildman–Crippen LogP) is 1.38. The van der Waals surface area contributed by atoms with Crippen molar-refractivity contribution in [1.82, 2.24) is 4.31 Å². The molecule has 0 atom stereocenters. The molecule has 7 heteroatoms. The van der Waals surface area contributed by atoms with E-state index in [2.05, 4.69) is 0 Å². The Bertz CT molecular complexity index is 641. The molecule has 1 aromatic carbocycles. The van der Waals surface area contributed by atoms with Gasteiger partial charge in [0.15, 0.2) is 0 Å². The summed E-state index contributed by atoms with van der Waals surface area (Å²) in [6.45, 7) is 2.06. The summed E-state index contributed by atoms with van der Waals surface area (Å²) in [5.41, 5.74) is 5.96. The third kappa shape index (κ3) is 2.11. The van der Waals surface area contributed by atoms with Gasteiger partial charge in [0, 0.05) is 23.8 Å². The van der Waals surface area contributed by atoms with E-state index >= 15 is 0 Å². The molecule has 5 nitrogen and oxygen atoms in total. The molecule has 20 heavy (non-hydrogen) atoms. The second-order valence-corrected chi connectivity index (χ2v) is 8.12. The number of aliphatic hydroxyl groups is 1. The molecule has 1 saturated heterocycles. The SMILES string of the molecule is Cc1c(N)cc(S(=O)(=O)N2CC(O)(C3CC3)C2)cc1Cl. The van der Waals surface area contributed by atoms with E-state index in [0.29, 0.717) is 16.3 Å². The first kappa shape index (κ1) is 14.1. The van der Waals surface area contributed by atoms with Crippen molar-refractivity contribution in [3.63, 3.8) is 0 Å². The Kier molecular flexibility index (Phi) is 3.06. The summed E-state index contributed by atoms with van der Waals surface area (Å²) in [5, 5.41) is 10.6. The van der Waals surface area contributed by atoms with Crippen molar-refractivity contribution in [2.24, 2.45) is 5.92 Å². The molecule has 1 aliphatic heterocycles. The molecule has 3 N–H and O–H groups in total. The van der Waals surface area contributed by atoms with Gasteiger partial charge in [0.2, 0.25) is 10.0 Å². The van der Waals surface area contributed by atoms with Crippen LogP contribution in [-0.2, 0) is 10.0 Å². The van der Waals surface area contributed by atoms with Gasteiger partial charge < -0.3 is 10.8 Å². The number of nitrogen functional groups attached to an aromatic ring is 1. The minimum Gasteiger partial charge on any atom is -0.398 e. The van der Waals surface area contributed by atoms with Gasteiger partial charge in [-0.05, 0) is 43.4 Å². The van der Waals surface area contributed by atoms with Gasteiger partial charge in [0.1, 0.15) is 0 Å². The highest BCUT2D eigenvalue weighted by molar-refractivity contribution is 7.89. The monoisotopic (exact) mass is 316 g/mol. The fourth-order valence-electron chi connectivity index (χ4n) is 2.59. The van der Waals surface area contributed by atoms with Crippen LogP contribution in [0.1, 0.15) is 18.4 Å². The van der Waals surface area contributed by atoms with Gasteiger partial charge in [0.25, 0.3) is 0 Å². The Morgan fingerprint density at radius 2 is 2.00 bits per heavy atom. The van der Waals surface area contributed by atoms with Crippen LogP contribution < -0.4 is 5.73 Å². The van der Waals surface area contributed by atoms with Crippen LogP contribution in [0.5, 0.6) is 0 Å². The molecular formula is C13H17ClN2O3S. The highest BCUT2D eigenvalue weighted by Crippen LogP contribution is 2.46.